The minimum atomic E-state index is -0.205. The highest BCUT2D eigenvalue weighted by Crippen LogP contribution is 2.20. The van der Waals surface area contributed by atoms with E-state index in [0.29, 0.717) is 6.04 Å². The Morgan fingerprint density at radius 1 is 0.465 bits per heavy atom. The van der Waals surface area contributed by atoms with Gasteiger partial charge in [0.1, 0.15) is 0 Å². The van der Waals surface area contributed by atoms with Gasteiger partial charge in [-0.15, -0.1) is 0 Å². The van der Waals surface area contributed by atoms with Crippen LogP contribution in [0, 0.1) is 0 Å². The highest BCUT2D eigenvalue weighted by molar-refractivity contribution is 4.93. The van der Waals surface area contributed by atoms with Gasteiger partial charge >= 0.3 is 0 Å². The van der Waals surface area contributed by atoms with Crippen LogP contribution in [0.4, 0.5) is 0 Å². The van der Waals surface area contributed by atoms with Crippen molar-refractivity contribution in [2.24, 2.45) is 0 Å². The molecule has 0 saturated heterocycles. The average Bonchev–Trinajstić information content (AvgIpc) is 3.84. The molecule has 250 valence electrons. The van der Waals surface area contributed by atoms with Gasteiger partial charge in [0.2, 0.25) is 6.41 Å². The molecule has 3 heteroatoms. The molecule has 0 spiro atoms. The fraction of sp³-hybridized carbons (Fsp3) is 0.800. The molecule has 0 aliphatic heterocycles. The predicted octanol–water partition coefficient (Wildman–Crippen LogP) is 12.7. The summed E-state index contributed by atoms with van der Waals surface area (Å²) in [5.41, 5.74) is 0. The summed E-state index contributed by atoms with van der Waals surface area (Å²) in [6.45, 7) is 6.15. The molecule has 1 fully saturated rings. The van der Waals surface area contributed by atoms with Crippen LogP contribution >= 0.6 is 0 Å². The average molecular weight is 600 g/mol. The fourth-order valence-electron chi connectivity index (χ4n) is 5.15. The van der Waals surface area contributed by atoms with Gasteiger partial charge in [-0.3, -0.25) is 5.32 Å². The highest BCUT2D eigenvalue weighted by atomic mass is 16.7. The van der Waals surface area contributed by atoms with Gasteiger partial charge in [0.25, 0.3) is 0 Å². The monoisotopic (exact) mass is 600 g/mol. The van der Waals surface area contributed by atoms with E-state index in [1.165, 1.54) is 141 Å². The van der Waals surface area contributed by atoms with Crippen molar-refractivity contribution in [2.45, 2.75) is 193 Å². The van der Waals surface area contributed by atoms with Crippen LogP contribution in [0.2, 0.25) is 0 Å². The van der Waals surface area contributed by atoms with Crippen LogP contribution in [0.5, 0.6) is 0 Å². The molecule has 43 heavy (non-hydrogen) atoms. The Morgan fingerprint density at radius 3 is 1.19 bits per heavy atom. The second-order valence-electron chi connectivity index (χ2n) is 12.7. The standard InChI is InChI=1S/C40H73NO2/c1-3-5-7-9-11-13-15-17-19-21-23-25-27-29-31-33-37-42-40(41-39-35-36-39)43-38-34-32-30-28-26-24-22-20-18-16-14-12-10-8-6-4-2/h11-14,17-20,39-41H,3-10,15-16,21-38H2,1-2H3/b13-11-,14-12-,19-17-,20-18-. The van der Waals surface area contributed by atoms with Crippen LogP contribution < -0.4 is 5.32 Å². The first-order chi connectivity index (χ1) is 21.4. The van der Waals surface area contributed by atoms with Gasteiger partial charge in [-0.05, 0) is 89.9 Å². The van der Waals surface area contributed by atoms with Crippen LogP contribution in [0.15, 0.2) is 48.6 Å². The fourth-order valence-corrected chi connectivity index (χ4v) is 5.15. The Kier molecular flexibility index (Phi) is 31.3. The Bertz CT molecular complexity index is 613. The molecule has 0 aromatic carbocycles. The highest BCUT2D eigenvalue weighted by Gasteiger charge is 2.25. The lowest BCUT2D eigenvalue weighted by Gasteiger charge is -2.19. The topological polar surface area (TPSA) is 30.5 Å². The van der Waals surface area contributed by atoms with E-state index >= 15 is 0 Å². The quantitative estimate of drug-likeness (QED) is 0.0453. The first-order valence-corrected chi connectivity index (χ1v) is 19.0. The first kappa shape index (κ1) is 39.9. The van der Waals surface area contributed by atoms with E-state index in [1.54, 1.807) is 0 Å². The molecule has 0 heterocycles. The molecular weight excluding hydrogens is 526 g/mol. The summed E-state index contributed by atoms with van der Waals surface area (Å²) in [5, 5.41) is 3.53. The molecule has 0 bridgehead atoms. The molecule has 1 aliphatic carbocycles. The predicted molar refractivity (Wildman–Crippen MR) is 191 cm³/mol. The lowest BCUT2D eigenvalue weighted by atomic mass is 10.1. The Hall–Kier alpha value is -1.16. The molecule has 0 amide bonds. The van der Waals surface area contributed by atoms with Crippen molar-refractivity contribution >= 4 is 0 Å². The summed E-state index contributed by atoms with van der Waals surface area (Å²) in [7, 11) is 0. The number of allylic oxidation sites excluding steroid dienone is 8. The number of nitrogens with one attached hydrogen (secondary N) is 1. The summed E-state index contributed by atoms with van der Waals surface area (Å²) in [6.07, 6.45) is 51.7. The van der Waals surface area contributed by atoms with E-state index in [9.17, 15) is 0 Å². The Labute approximate surface area is 269 Å². The molecule has 1 N–H and O–H groups in total. The normalized spacial score (nSPS) is 14.2. The zero-order valence-corrected chi connectivity index (χ0v) is 28.9. The Balaban J connectivity index is 1.88. The van der Waals surface area contributed by atoms with Crippen LogP contribution in [0.1, 0.15) is 181 Å². The molecule has 1 rings (SSSR count). The van der Waals surface area contributed by atoms with Gasteiger partial charge in [-0.25, -0.2) is 0 Å². The number of unbranched alkanes of at least 4 members (excludes halogenated alkanes) is 18. The van der Waals surface area contributed by atoms with Gasteiger partial charge in [0, 0.05) is 6.04 Å². The van der Waals surface area contributed by atoms with Crippen molar-refractivity contribution in [1.29, 1.82) is 0 Å². The van der Waals surface area contributed by atoms with E-state index in [-0.39, 0.29) is 6.41 Å². The van der Waals surface area contributed by atoms with Crippen LogP contribution in [0.25, 0.3) is 0 Å². The van der Waals surface area contributed by atoms with Crippen LogP contribution in [0.3, 0.4) is 0 Å². The third kappa shape index (κ3) is 32.1. The summed E-state index contributed by atoms with van der Waals surface area (Å²) in [4.78, 5) is 0. The van der Waals surface area contributed by atoms with Crippen molar-refractivity contribution in [3.63, 3.8) is 0 Å². The van der Waals surface area contributed by atoms with Crippen LogP contribution in [-0.4, -0.2) is 25.7 Å². The van der Waals surface area contributed by atoms with Crippen molar-refractivity contribution in [1.82, 2.24) is 5.32 Å². The van der Waals surface area contributed by atoms with E-state index in [0.717, 1.165) is 38.9 Å². The van der Waals surface area contributed by atoms with Crippen molar-refractivity contribution < 1.29 is 9.47 Å². The zero-order chi connectivity index (χ0) is 30.7. The number of hydrogen-bond acceptors (Lipinski definition) is 3. The van der Waals surface area contributed by atoms with Gasteiger partial charge in [0.05, 0.1) is 13.2 Å². The van der Waals surface area contributed by atoms with Gasteiger partial charge in [-0.2, -0.15) is 0 Å². The summed E-state index contributed by atoms with van der Waals surface area (Å²) in [6, 6.07) is 0.608. The van der Waals surface area contributed by atoms with E-state index in [4.69, 9.17) is 9.47 Å². The van der Waals surface area contributed by atoms with Crippen molar-refractivity contribution in [3.05, 3.63) is 48.6 Å². The molecule has 0 unspecified atom stereocenters. The molecule has 1 saturated carbocycles. The van der Waals surface area contributed by atoms with Gasteiger partial charge < -0.3 is 9.47 Å². The maximum Gasteiger partial charge on any atom is 0.216 e. The SMILES string of the molecule is CCCCC/C=C\C/C=C\CCCCCCCCOC(NC1CC1)OCCCCCCCC/C=C\C/C=C\CCCCC. The molecule has 0 radical (unpaired) electrons. The second kappa shape index (κ2) is 33.7. The van der Waals surface area contributed by atoms with E-state index in [1.807, 2.05) is 0 Å². The second-order valence-corrected chi connectivity index (χ2v) is 12.7. The van der Waals surface area contributed by atoms with E-state index < -0.39 is 0 Å². The largest absolute Gasteiger partial charge is 0.340 e. The lowest BCUT2D eigenvalue weighted by Crippen LogP contribution is -2.36. The molecule has 0 aromatic heterocycles. The summed E-state index contributed by atoms with van der Waals surface area (Å²) < 4.78 is 12.2. The molecule has 0 atom stereocenters. The lowest BCUT2D eigenvalue weighted by molar-refractivity contribution is -0.163. The van der Waals surface area contributed by atoms with Crippen molar-refractivity contribution in [3.8, 4) is 0 Å². The third-order valence-electron chi connectivity index (χ3n) is 8.18. The van der Waals surface area contributed by atoms with Crippen molar-refractivity contribution in [2.75, 3.05) is 13.2 Å². The third-order valence-corrected chi connectivity index (χ3v) is 8.18. The maximum atomic E-state index is 6.08. The number of ether oxygens (including phenoxy) is 2. The van der Waals surface area contributed by atoms with Crippen LogP contribution in [-0.2, 0) is 9.47 Å². The zero-order valence-electron chi connectivity index (χ0n) is 28.9. The molecular formula is C40H73NO2. The number of rotatable bonds is 34. The van der Waals surface area contributed by atoms with Gasteiger partial charge in [0.15, 0.2) is 0 Å². The van der Waals surface area contributed by atoms with E-state index in [2.05, 4.69) is 67.8 Å². The Morgan fingerprint density at radius 2 is 0.814 bits per heavy atom. The smallest absolute Gasteiger partial charge is 0.216 e. The molecule has 0 aromatic rings. The molecule has 3 nitrogen and oxygen atoms in total. The minimum Gasteiger partial charge on any atom is -0.340 e. The summed E-state index contributed by atoms with van der Waals surface area (Å²) in [5.74, 6) is 0. The first-order valence-electron chi connectivity index (χ1n) is 19.0. The molecule has 1 aliphatic rings. The minimum absolute atomic E-state index is 0.205. The maximum absolute atomic E-state index is 6.08. The summed E-state index contributed by atoms with van der Waals surface area (Å²) >= 11 is 0. The van der Waals surface area contributed by atoms with Gasteiger partial charge in [-0.1, -0.05) is 140 Å². The number of hydrogen-bond donors (Lipinski definition) is 1.